The predicted molar refractivity (Wildman–Crippen MR) is 121 cm³/mol. The number of nitrogens with one attached hydrogen (secondary N) is 4. The van der Waals surface area contributed by atoms with Gasteiger partial charge in [0, 0.05) is 36.2 Å². The number of carboxylic acids is 2. The number of carbonyl (C=O) groups excluding carboxylic acids is 2. The van der Waals surface area contributed by atoms with Crippen LogP contribution in [0.4, 0.5) is 23.1 Å². The number of H-pyrrole nitrogens is 1. The van der Waals surface area contributed by atoms with E-state index in [0.29, 0.717) is 12.1 Å². The number of nitrogens with two attached hydrogens (primary N) is 1. The van der Waals surface area contributed by atoms with Gasteiger partial charge >= 0.3 is 11.9 Å². The van der Waals surface area contributed by atoms with Gasteiger partial charge < -0.3 is 36.8 Å². The highest BCUT2D eigenvalue weighted by molar-refractivity contribution is 5.97. The predicted octanol–water partition coefficient (Wildman–Crippen LogP) is -0.731. The molecule has 0 fully saturated rings. The van der Waals surface area contributed by atoms with Crippen LogP contribution in [0.5, 0.6) is 0 Å². The standard InChI is InChI=1S/C20H23N7O7/c21-20-25-16-15(18(32)26-20)27(9-28)12(8-23-16)7-22-11-3-1-10(2-4-11)17(31)24-13(19(33)34)5-6-14(29)30/h1-4,9,12-13,22H,5-8H2,(H,24,31)(H,29,30)(H,33,34)(H4,21,23,25,26,32)/t12?,13-/m0/s1/i5D2,6D2. The second kappa shape index (κ2) is 10.3. The molecule has 2 aromatic rings. The maximum absolute atomic E-state index is 12.5. The van der Waals surface area contributed by atoms with Gasteiger partial charge in [-0.1, -0.05) is 0 Å². The first kappa shape index (κ1) is 18.9. The van der Waals surface area contributed by atoms with Gasteiger partial charge in [0.15, 0.2) is 11.5 Å². The Kier molecular flexibility index (Phi) is 5.74. The van der Waals surface area contributed by atoms with E-state index in [9.17, 15) is 29.1 Å². The lowest BCUT2D eigenvalue weighted by Crippen LogP contribution is -2.50. The summed E-state index contributed by atoms with van der Waals surface area (Å²) in [6.07, 6.45) is -6.63. The Balaban J connectivity index is 1.69. The van der Waals surface area contributed by atoms with Crippen LogP contribution in [0.25, 0.3) is 0 Å². The third-order valence-corrected chi connectivity index (χ3v) is 4.72. The maximum atomic E-state index is 12.5. The summed E-state index contributed by atoms with van der Waals surface area (Å²) < 4.78 is 30.3. The van der Waals surface area contributed by atoms with Crippen LogP contribution in [0.1, 0.15) is 28.6 Å². The van der Waals surface area contributed by atoms with E-state index in [4.69, 9.17) is 16.3 Å². The SMILES string of the molecule is [2H]C([2H])(C(=O)O)C([2H])([2H])[C@H](NC(=O)c1ccc(NCC2CNc3nc(N)[nH]c(=O)c3N2C=O)cc1)C(=O)O. The number of hydrogen-bond acceptors (Lipinski definition) is 9. The number of nitrogen functional groups attached to an aromatic ring is 1. The molecule has 2 heterocycles. The van der Waals surface area contributed by atoms with E-state index in [2.05, 4.69) is 20.6 Å². The van der Waals surface area contributed by atoms with Crippen LogP contribution < -0.4 is 32.1 Å². The zero-order chi connectivity index (χ0) is 28.4. The van der Waals surface area contributed by atoms with E-state index < -0.39 is 48.2 Å². The van der Waals surface area contributed by atoms with Crippen molar-refractivity contribution in [3.8, 4) is 0 Å². The molecule has 14 nitrogen and oxygen atoms in total. The lowest BCUT2D eigenvalue weighted by atomic mass is 10.1. The molecule has 180 valence electrons. The monoisotopic (exact) mass is 477 g/mol. The Morgan fingerprint density at radius 3 is 2.65 bits per heavy atom. The topological polar surface area (TPSA) is 220 Å². The molecule has 1 aliphatic rings. The molecule has 2 atom stereocenters. The van der Waals surface area contributed by atoms with Gasteiger partial charge in [0.2, 0.25) is 12.4 Å². The molecule has 0 saturated carbocycles. The molecule has 8 N–H and O–H groups in total. The largest absolute Gasteiger partial charge is 0.481 e. The van der Waals surface area contributed by atoms with Crippen molar-refractivity contribution in [2.24, 2.45) is 0 Å². The highest BCUT2D eigenvalue weighted by Crippen LogP contribution is 2.25. The van der Waals surface area contributed by atoms with Crippen molar-refractivity contribution in [2.75, 3.05) is 34.4 Å². The molecule has 34 heavy (non-hydrogen) atoms. The molecule has 1 unspecified atom stereocenters. The molecule has 1 aliphatic heterocycles. The van der Waals surface area contributed by atoms with Crippen molar-refractivity contribution >= 4 is 47.4 Å². The zero-order valence-corrected chi connectivity index (χ0v) is 17.4. The molecule has 0 radical (unpaired) electrons. The van der Waals surface area contributed by atoms with E-state index in [-0.39, 0.29) is 36.1 Å². The van der Waals surface area contributed by atoms with Crippen molar-refractivity contribution in [1.82, 2.24) is 15.3 Å². The van der Waals surface area contributed by atoms with Crippen LogP contribution >= 0.6 is 0 Å². The quantitative estimate of drug-likeness (QED) is 0.211. The number of benzene rings is 1. The van der Waals surface area contributed by atoms with Crippen molar-refractivity contribution in [3.05, 3.63) is 40.2 Å². The van der Waals surface area contributed by atoms with Crippen LogP contribution in [-0.2, 0) is 14.4 Å². The molecule has 1 aromatic carbocycles. The van der Waals surface area contributed by atoms with Gasteiger partial charge in [0.05, 0.1) is 6.04 Å². The molecule has 3 rings (SSSR count). The van der Waals surface area contributed by atoms with Crippen molar-refractivity contribution < 1.29 is 34.9 Å². The summed E-state index contributed by atoms with van der Waals surface area (Å²) >= 11 is 0. The number of anilines is 4. The summed E-state index contributed by atoms with van der Waals surface area (Å²) in [7, 11) is 0. The van der Waals surface area contributed by atoms with Gasteiger partial charge in [0.25, 0.3) is 11.5 Å². The fourth-order valence-corrected chi connectivity index (χ4v) is 3.13. The number of nitrogens with zero attached hydrogens (tertiary/aromatic N) is 2. The minimum absolute atomic E-state index is 0.000563. The van der Waals surface area contributed by atoms with E-state index >= 15 is 0 Å². The summed E-state index contributed by atoms with van der Waals surface area (Å²) in [6, 6.07) is 2.36. The number of aliphatic carboxylic acids is 2. The van der Waals surface area contributed by atoms with Crippen LogP contribution in [-0.4, -0.2) is 69.6 Å². The van der Waals surface area contributed by atoms with Crippen LogP contribution in [0, 0.1) is 0 Å². The molecule has 0 saturated heterocycles. The molecule has 0 spiro atoms. The van der Waals surface area contributed by atoms with Gasteiger partial charge in [-0.2, -0.15) is 4.98 Å². The van der Waals surface area contributed by atoms with Crippen LogP contribution in [0.2, 0.25) is 0 Å². The highest BCUT2D eigenvalue weighted by Gasteiger charge is 2.29. The fraction of sp³-hybridized carbons (Fsp3) is 0.300. The normalized spacial score (nSPS) is 18.0. The molecule has 0 bridgehead atoms. The van der Waals surface area contributed by atoms with E-state index in [1.54, 1.807) is 0 Å². The average molecular weight is 477 g/mol. The van der Waals surface area contributed by atoms with Crippen LogP contribution in [0.3, 0.4) is 0 Å². The number of carboxylic acid groups (broad SMARTS) is 2. The summed E-state index contributed by atoms with van der Waals surface area (Å²) in [5, 5.41) is 26.1. The Bertz CT molecular complexity index is 1320. The first-order valence-corrected chi connectivity index (χ1v) is 9.69. The second-order valence-electron chi connectivity index (χ2n) is 6.97. The lowest BCUT2D eigenvalue weighted by Gasteiger charge is -2.34. The Morgan fingerprint density at radius 2 is 2.03 bits per heavy atom. The molecule has 0 aliphatic carbocycles. The van der Waals surface area contributed by atoms with Gasteiger partial charge in [-0.15, -0.1) is 0 Å². The van der Waals surface area contributed by atoms with Gasteiger partial charge in [-0.25, -0.2) is 4.79 Å². The number of carbonyl (C=O) groups is 4. The number of rotatable bonds is 10. The third kappa shape index (κ3) is 5.59. The van der Waals surface area contributed by atoms with Gasteiger partial charge in [-0.05, 0) is 30.6 Å². The summed E-state index contributed by atoms with van der Waals surface area (Å²) in [5.41, 5.74) is 5.27. The maximum Gasteiger partial charge on any atom is 0.326 e. The fourth-order valence-electron chi connectivity index (χ4n) is 3.13. The number of hydrogen-bond donors (Lipinski definition) is 7. The minimum atomic E-state index is -3.62. The first-order valence-electron chi connectivity index (χ1n) is 11.7. The number of aromatic amines is 1. The third-order valence-electron chi connectivity index (χ3n) is 4.72. The number of aromatic nitrogens is 2. The number of fused-ring (bicyclic) bond motifs is 1. The Labute approximate surface area is 197 Å². The van der Waals surface area contributed by atoms with Crippen molar-refractivity contribution in [3.63, 3.8) is 0 Å². The number of amides is 2. The lowest BCUT2D eigenvalue weighted by molar-refractivity contribution is -0.140. The molecular weight excluding hydrogens is 450 g/mol. The zero-order valence-electron chi connectivity index (χ0n) is 21.4. The van der Waals surface area contributed by atoms with E-state index in [1.165, 1.54) is 29.2 Å². The van der Waals surface area contributed by atoms with Crippen LogP contribution in [0.15, 0.2) is 29.1 Å². The Morgan fingerprint density at radius 1 is 1.32 bits per heavy atom. The minimum Gasteiger partial charge on any atom is -0.481 e. The molecule has 14 heteroatoms. The average Bonchev–Trinajstić information content (AvgIpc) is 2.85. The van der Waals surface area contributed by atoms with E-state index in [0.717, 1.165) is 0 Å². The van der Waals surface area contributed by atoms with E-state index in [1.807, 2.05) is 5.32 Å². The van der Waals surface area contributed by atoms with Crippen molar-refractivity contribution in [1.29, 1.82) is 0 Å². The first-order chi connectivity index (χ1) is 17.7. The smallest absolute Gasteiger partial charge is 0.326 e. The molecule has 2 amide bonds. The Hall–Kier alpha value is -4.62. The second-order valence-corrected chi connectivity index (χ2v) is 6.97. The van der Waals surface area contributed by atoms with Gasteiger partial charge in [0.1, 0.15) is 6.04 Å². The summed E-state index contributed by atoms with van der Waals surface area (Å²) in [5.74, 6) is -5.23. The summed E-state index contributed by atoms with van der Waals surface area (Å²) in [4.78, 5) is 66.6. The highest BCUT2D eigenvalue weighted by atomic mass is 16.4. The van der Waals surface area contributed by atoms with Gasteiger partial charge in [-0.3, -0.25) is 24.2 Å². The molecule has 1 aromatic heterocycles. The molecular formula is C20H23N7O7. The summed E-state index contributed by atoms with van der Waals surface area (Å²) in [6.45, 7) is 0.392. The van der Waals surface area contributed by atoms with Crippen molar-refractivity contribution in [2.45, 2.75) is 24.8 Å².